The monoisotopic (exact) mass is 225 g/mol. The largest absolute Gasteiger partial charge is 0.311 e. The van der Waals surface area contributed by atoms with Gasteiger partial charge < -0.3 is 5.32 Å². The second-order valence-electron chi connectivity index (χ2n) is 6.38. The van der Waals surface area contributed by atoms with Crippen LogP contribution in [-0.4, -0.2) is 12.1 Å². The molecule has 1 aliphatic carbocycles. The molecule has 0 heterocycles. The smallest absolute Gasteiger partial charge is 0.00700 e. The standard InChI is InChI=1S/C15H31N/c1-5-7-13(8-6-2)16-14-9-11-15(3,4)12-10-14/h13-14,16H,5-12H2,1-4H3. The first-order chi connectivity index (χ1) is 7.57. The summed E-state index contributed by atoms with van der Waals surface area (Å²) < 4.78 is 0. The fourth-order valence-electron chi connectivity index (χ4n) is 2.91. The van der Waals surface area contributed by atoms with Gasteiger partial charge in [0.2, 0.25) is 0 Å². The van der Waals surface area contributed by atoms with Gasteiger partial charge in [-0.2, -0.15) is 0 Å². The zero-order chi connectivity index (χ0) is 12.0. The molecule has 16 heavy (non-hydrogen) atoms. The molecule has 0 saturated heterocycles. The Hall–Kier alpha value is -0.0400. The molecule has 0 spiro atoms. The molecular formula is C15H31N. The molecule has 0 atom stereocenters. The SMILES string of the molecule is CCCC(CCC)NC1CCC(C)(C)CC1. The summed E-state index contributed by atoms with van der Waals surface area (Å²) in [6.07, 6.45) is 10.9. The summed E-state index contributed by atoms with van der Waals surface area (Å²) in [5.41, 5.74) is 0.600. The van der Waals surface area contributed by atoms with Crippen molar-refractivity contribution in [1.29, 1.82) is 0 Å². The molecule has 0 aromatic heterocycles. The molecular weight excluding hydrogens is 194 g/mol. The molecule has 1 N–H and O–H groups in total. The van der Waals surface area contributed by atoms with Crippen LogP contribution in [0.2, 0.25) is 0 Å². The third kappa shape index (κ3) is 4.86. The molecule has 1 rings (SSSR count). The molecule has 1 fully saturated rings. The van der Waals surface area contributed by atoms with E-state index in [1.54, 1.807) is 0 Å². The maximum absolute atomic E-state index is 3.90. The zero-order valence-electron chi connectivity index (χ0n) is 11.8. The van der Waals surface area contributed by atoms with Gasteiger partial charge in [0.15, 0.2) is 0 Å². The van der Waals surface area contributed by atoms with Crippen LogP contribution in [0.4, 0.5) is 0 Å². The minimum atomic E-state index is 0.600. The van der Waals surface area contributed by atoms with Crippen molar-refractivity contribution in [2.45, 2.75) is 91.1 Å². The number of hydrogen-bond acceptors (Lipinski definition) is 1. The molecule has 0 bridgehead atoms. The third-order valence-electron chi connectivity index (χ3n) is 4.08. The van der Waals surface area contributed by atoms with E-state index < -0.39 is 0 Å². The zero-order valence-corrected chi connectivity index (χ0v) is 11.8. The lowest BCUT2D eigenvalue weighted by Gasteiger charge is -2.36. The van der Waals surface area contributed by atoms with E-state index in [1.165, 1.54) is 51.4 Å². The molecule has 0 radical (unpaired) electrons. The second-order valence-corrected chi connectivity index (χ2v) is 6.38. The van der Waals surface area contributed by atoms with Gasteiger partial charge >= 0.3 is 0 Å². The van der Waals surface area contributed by atoms with E-state index in [-0.39, 0.29) is 0 Å². The van der Waals surface area contributed by atoms with Gasteiger partial charge in [0.05, 0.1) is 0 Å². The predicted molar refractivity (Wildman–Crippen MR) is 72.8 cm³/mol. The van der Waals surface area contributed by atoms with Gasteiger partial charge in [0.25, 0.3) is 0 Å². The number of rotatable bonds is 6. The fourth-order valence-corrected chi connectivity index (χ4v) is 2.91. The maximum atomic E-state index is 3.90. The normalized spacial score (nSPS) is 21.6. The molecule has 1 saturated carbocycles. The first-order valence-electron chi connectivity index (χ1n) is 7.33. The Bertz CT molecular complexity index is 170. The average Bonchev–Trinajstić information content (AvgIpc) is 2.22. The Morgan fingerprint density at radius 2 is 1.56 bits per heavy atom. The highest BCUT2D eigenvalue weighted by Gasteiger charge is 2.27. The highest BCUT2D eigenvalue weighted by Crippen LogP contribution is 2.35. The molecule has 0 aromatic rings. The van der Waals surface area contributed by atoms with E-state index in [1.807, 2.05) is 0 Å². The van der Waals surface area contributed by atoms with E-state index >= 15 is 0 Å². The van der Waals surface area contributed by atoms with Gasteiger partial charge in [-0.05, 0) is 43.9 Å². The lowest BCUT2D eigenvalue weighted by molar-refractivity contribution is 0.194. The first-order valence-corrected chi connectivity index (χ1v) is 7.33. The maximum Gasteiger partial charge on any atom is 0.00700 e. The van der Waals surface area contributed by atoms with Crippen LogP contribution in [0.3, 0.4) is 0 Å². The Balaban J connectivity index is 2.30. The van der Waals surface area contributed by atoms with Gasteiger partial charge in [-0.3, -0.25) is 0 Å². The highest BCUT2D eigenvalue weighted by atomic mass is 14.9. The Kier molecular flexibility index (Phi) is 5.82. The van der Waals surface area contributed by atoms with Crippen molar-refractivity contribution in [2.24, 2.45) is 5.41 Å². The van der Waals surface area contributed by atoms with Crippen molar-refractivity contribution in [3.8, 4) is 0 Å². The van der Waals surface area contributed by atoms with Crippen molar-refractivity contribution in [1.82, 2.24) is 5.32 Å². The summed E-state index contributed by atoms with van der Waals surface area (Å²) in [5, 5.41) is 3.90. The lowest BCUT2D eigenvalue weighted by Crippen LogP contribution is -2.41. The van der Waals surface area contributed by atoms with Gasteiger partial charge in [0, 0.05) is 12.1 Å². The molecule has 1 heteroatoms. The number of nitrogens with one attached hydrogen (secondary N) is 1. The Morgan fingerprint density at radius 3 is 2.00 bits per heavy atom. The number of hydrogen-bond donors (Lipinski definition) is 1. The second kappa shape index (κ2) is 6.64. The highest BCUT2D eigenvalue weighted by molar-refractivity contribution is 4.84. The van der Waals surface area contributed by atoms with Crippen LogP contribution in [-0.2, 0) is 0 Å². The van der Waals surface area contributed by atoms with Crippen molar-refractivity contribution < 1.29 is 0 Å². The van der Waals surface area contributed by atoms with Crippen LogP contribution >= 0.6 is 0 Å². The minimum absolute atomic E-state index is 0.600. The Labute approximate surface area is 102 Å². The van der Waals surface area contributed by atoms with Crippen LogP contribution in [0.5, 0.6) is 0 Å². The van der Waals surface area contributed by atoms with Crippen LogP contribution in [0.15, 0.2) is 0 Å². The van der Waals surface area contributed by atoms with Gasteiger partial charge in [-0.15, -0.1) is 0 Å². The molecule has 0 aliphatic heterocycles. The molecule has 0 aromatic carbocycles. The van der Waals surface area contributed by atoms with Crippen molar-refractivity contribution in [3.05, 3.63) is 0 Å². The van der Waals surface area contributed by atoms with Crippen molar-refractivity contribution >= 4 is 0 Å². The van der Waals surface area contributed by atoms with Gasteiger partial charge in [0.1, 0.15) is 0 Å². The van der Waals surface area contributed by atoms with E-state index in [2.05, 4.69) is 33.0 Å². The molecule has 96 valence electrons. The van der Waals surface area contributed by atoms with Crippen LogP contribution < -0.4 is 5.32 Å². The predicted octanol–water partition coefficient (Wildman–Crippen LogP) is 4.51. The summed E-state index contributed by atoms with van der Waals surface area (Å²) in [4.78, 5) is 0. The van der Waals surface area contributed by atoms with Gasteiger partial charge in [-0.25, -0.2) is 0 Å². The van der Waals surface area contributed by atoms with E-state index in [0.717, 1.165) is 12.1 Å². The lowest BCUT2D eigenvalue weighted by atomic mass is 9.75. The van der Waals surface area contributed by atoms with Gasteiger partial charge in [-0.1, -0.05) is 40.5 Å². The first kappa shape index (κ1) is 14.0. The molecule has 1 aliphatic rings. The van der Waals surface area contributed by atoms with E-state index in [0.29, 0.717) is 5.41 Å². The summed E-state index contributed by atoms with van der Waals surface area (Å²) in [5.74, 6) is 0. The van der Waals surface area contributed by atoms with Crippen molar-refractivity contribution in [3.63, 3.8) is 0 Å². The average molecular weight is 225 g/mol. The summed E-state index contributed by atoms with van der Waals surface area (Å²) in [6.45, 7) is 9.43. The summed E-state index contributed by atoms with van der Waals surface area (Å²) in [6, 6.07) is 1.58. The van der Waals surface area contributed by atoms with Crippen LogP contribution in [0, 0.1) is 5.41 Å². The quantitative estimate of drug-likeness (QED) is 0.701. The van der Waals surface area contributed by atoms with E-state index in [4.69, 9.17) is 0 Å². The van der Waals surface area contributed by atoms with Crippen LogP contribution in [0.1, 0.15) is 79.1 Å². The molecule has 0 amide bonds. The summed E-state index contributed by atoms with van der Waals surface area (Å²) in [7, 11) is 0. The molecule has 1 nitrogen and oxygen atoms in total. The third-order valence-corrected chi connectivity index (χ3v) is 4.08. The minimum Gasteiger partial charge on any atom is -0.311 e. The van der Waals surface area contributed by atoms with Crippen LogP contribution in [0.25, 0.3) is 0 Å². The summed E-state index contributed by atoms with van der Waals surface area (Å²) >= 11 is 0. The van der Waals surface area contributed by atoms with E-state index in [9.17, 15) is 0 Å². The topological polar surface area (TPSA) is 12.0 Å². The Morgan fingerprint density at radius 1 is 1.06 bits per heavy atom. The fraction of sp³-hybridized carbons (Fsp3) is 1.00. The van der Waals surface area contributed by atoms with Crippen molar-refractivity contribution in [2.75, 3.05) is 0 Å². The molecule has 0 unspecified atom stereocenters.